The van der Waals surface area contributed by atoms with E-state index in [1.54, 1.807) is 0 Å². The summed E-state index contributed by atoms with van der Waals surface area (Å²) in [5.41, 5.74) is 4.30. The van der Waals surface area contributed by atoms with E-state index >= 15 is 0 Å². The third-order valence-corrected chi connectivity index (χ3v) is 5.12. The minimum atomic E-state index is 0.911. The van der Waals surface area contributed by atoms with Gasteiger partial charge in [-0.05, 0) is 49.4 Å². The van der Waals surface area contributed by atoms with Gasteiger partial charge in [0.25, 0.3) is 0 Å². The first-order valence-electron chi connectivity index (χ1n) is 7.65. The summed E-state index contributed by atoms with van der Waals surface area (Å²) in [6, 6.07) is 12.2. The first kappa shape index (κ1) is 13.2. The van der Waals surface area contributed by atoms with Crippen LogP contribution in [0.25, 0.3) is 0 Å². The van der Waals surface area contributed by atoms with Gasteiger partial charge in [0.1, 0.15) is 11.5 Å². The Balaban J connectivity index is 1.82. The second-order valence-electron chi connectivity index (χ2n) is 5.77. The molecule has 3 heteroatoms. The maximum Gasteiger partial charge on any atom is 0.133 e. The molecule has 0 atom stereocenters. The Bertz CT molecular complexity index is 667. The second kappa shape index (κ2) is 5.38. The first-order valence-corrected chi connectivity index (χ1v) is 8.44. The molecule has 21 heavy (non-hydrogen) atoms. The Morgan fingerprint density at radius 1 is 0.952 bits per heavy atom. The molecule has 0 saturated heterocycles. The Hall–Kier alpha value is -1.48. The van der Waals surface area contributed by atoms with Crippen LogP contribution >= 0.6 is 15.9 Å². The van der Waals surface area contributed by atoms with Crippen molar-refractivity contribution in [2.75, 3.05) is 18.0 Å². The minimum absolute atomic E-state index is 0.911. The van der Waals surface area contributed by atoms with Gasteiger partial charge in [-0.15, -0.1) is 0 Å². The molecule has 0 aliphatic carbocycles. The molecule has 2 aliphatic heterocycles. The zero-order valence-electron chi connectivity index (χ0n) is 11.9. The fraction of sp³-hybridized carbons (Fsp3) is 0.333. The van der Waals surface area contributed by atoms with Crippen molar-refractivity contribution in [2.24, 2.45) is 0 Å². The van der Waals surface area contributed by atoms with Crippen LogP contribution in [0.5, 0.6) is 11.5 Å². The molecule has 2 aromatic carbocycles. The molecule has 2 aromatic rings. The maximum absolute atomic E-state index is 6.17. The molecule has 4 rings (SSSR count). The molecule has 0 aromatic heterocycles. The second-order valence-corrected chi connectivity index (χ2v) is 6.63. The lowest BCUT2D eigenvalue weighted by molar-refractivity contribution is 0.470. The van der Waals surface area contributed by atoms with Crippen LogP contribution in [0.4, 0.5) is 5.69 Å². The molecule has 0 unspecified atom stereocenters. The summed E-state index contributed by atoms with van der Waals surface area (Å²) in [6.07, 6.45) is 4.77. The van der Waals surface area contributed by atoms with E-state index in [1.165, 1.54) is 53.6 Å². The van der Waals surface area contributed by atoms with Crippen molar-refractivity contribution in [2.45, 2.75) is 25.7 Å². The molecule has 0 amide bonds. The zero-order chi connectivity index (χ0) is 14.2. The van der Waals surface area contributed by atoms with Crippen molar-refractivity contribution < 1.29 is 4.74 Å². The molecule has 2 nitrogen and oxygen atoms in total. The van der Waals surface area contributed by atoms with Crippen molar-refractivity contribution in [1.82, 2.24) is 0 Å². The summed E-state index contributed by atoms with van der Waals surface area (Å²) in [5, 5.41) is 0. The summed E-state index contributed by atoms with van der Waals surface area (Å²) in [7, 11) is 0. The lowest BCUT2D eigenvalue weighted by atomic mass is 9.91. The van der Waals surface area contributed by atoms with Crippen molar-refractivity contribution >= 4 is 21.6 Å². The fourth-order valence-electron chi connectivity index (χ4n) is 3.50. The van der Waals surface area contributed by atoms with Crippen LogP contribution in [0, 0.1) is 0 Å². The predicted molar refractivity (Wildman–Crippen MR) is 89.5 cm³/mol. The summed E-state index contributed by atoms with van der Waals surface area (Å²) in [6.45, 7) is 2.36. The van der Waals surface area contributed by atoms with E-state index in [0.717, 1.165) is 17.9 Å². The van der Waals surface area contributed by atoms with Gasteiger partial charge in [-0.3, -0.25) is 0 Å². The number of benzene rings is 2. The number of ether oxygens (including phenoxy) is 1. The summed E-state index contributed by atoms with van der Waals surface area (Å²) < 4.78 is 7.37. The highest BCUT2D eigenvalue weighted by molar-refractivity contribution is 9.10. The maximum atomic E-state index is 6.17. The van der Waals surface area contributed by atoms with Crippen LogP contribution in [0.1, 0.15) is 24.0 Å². The highest BCUT2D eigenvalue weighted by atomic mass is 79.9. The number of nitrogens with zero attached hydrogens (tertiary/aromatic N) is 1. The molecular weight excluding hydrogens is 326 g/mol. The smallest absolute Gasteiger partial charge is 0.133 e. The Kier molecular flexibility index (Phi) is 3.38. The average Bonchev–Trinajstić information content (AvgIpc) is 2.53. The highest BCUT2D eigenvalue weighted by Crippen LogP contribution is 2.45. The molecule has 0 fully saturated rings. The molecule has 2 heterocycles. The topological polar surface area (TPSA) is 12.5 Å². The molecule has 0 spiro atoms. The molecule has 0 radical (unpaired) electrons. The van der Waals surface area contributed by atoms with Crippen LogP contribution in [0.15, 0.2) is 40.9 Å². The van der Waals surface area contributed by atoms with Crippen molar-refractivity contribution in [3.63, 3.8) is 0 Å². The van der Waals surface area contributed by atoms with Crippen LogP contribution in [-0.4, -0.2) is 13.1 Å². The van der Waals surface area contributed by atoms with Crippen LogP contribution < -0.4 is 9.64 Å². The van der Waals surface area contributed by atoms with Gasteiger partial charge in [-0.2, -0.15) is 0 Å². The van der Waals surface area contributed by atoms with Gasteiger partial charge in [-0.1, -0.05) is 34.1 Å². The number of para-hydroxylation sites is 1. The number of anilines is 1. The summed E-state index contributed by atoms with van der Waals surface area (Å²) in [5.74, 6) is 1.92. The normalized spacial score (nSPS) is 16.5. The van der Waals surface area contributed by atoms with E-state index in [1.807, 2.05) is 30.3 Å². The minimum Gasteiger partial charge on any atom is -0.457 e. The largest absolute Gasteiger partial charge is 0.457 e. The van der Waals surface area contributed by atoms with Crippen LogP contribution in [-0.2, 0) is 12.8 Å². The van der Waals surface area contributed by atoms with Gasteiger partial charge in [0.2, 0.25) is 0 Å². The lowest BCUT2D eigenvalue weighted by Gasteiger charge is -2.38. The van der Waals surface area contributed by atoms with E-state index in [9.17, 15) is 0 Å². The Morgan fingerprint density at radius 2 is 1.67 bits per heavy atom. The van der Waals surface area contributed by atoms with Crippen LogP contribution in [0.2, 0.25) is 0 Å². The molecule has 2 aliphatic rings. The third kappa shape index (κ3) is 2.34. The van der Waals surface area contributed by atoms with Crippen molar-refractivity contribution in [3.05, 3.63) is 52.0 Å². The monoisotopic (exact) mass is 343 g/mol. The summed E-state index contributed by atoms with van der Waals surface area (Å²) >= 11 is 3.75. The molecular formula is C18H18BrNO. The number of hydrogen-bond acceptors (Lipinski definition) is 2. The number of halogens is 1. The van der Waals surface area contributed by atoms with E-state index < -0.39 is 0 Å². The Labute approximate surface area is 133 Å². The SMILES string of the molecule is Brc1cc(Oc2ccccc2)c2c3c1CCCN3CCC2. The summed E-state index contributed by atoms with van der Waals surface area (Å²) in [4.78, 5) is 2.54. The molecule has 108 valence electrons. The predicted octanol–water partition coefficient (Wildman–Crippen LogP) is 4.94. The fourth-order valence-corrected chi connectivity index (χ4v) is 4.09. The number of rotatable bonds is 2. The van der Waals surface area contributed by atoms with Gasteiger partial charge in [0.05, 0.1) is 0 Å². The van der Waals surface area contributed by atoms with Crippen molar-refractivity contribution in [3.8, 4) is 11.5 Å². The van der Waals surface area contributed by atoms with Crippen LogP contribution in [0.3, 0.4) is 0 Å². The first-order chi connectivity index (χ1) is 10.3. The average molecular weight is 344 g/mol. The van der Waals surface area contributed by atoms with Gasteiger partial charge >= 0.3 is 0 Å². The third-order valence-electron chi connectivity index (χ3n) is 4.41. The lowest BCUT2D eigenvalue weighted by Crippen LogP contribution is -2.34. The standard InChI is InChI=1S/C18H18BrNO/c19-16-12-17(21-13-6-2-1-3-7-13)15-9-5-11-20-10-4-8-14(16)18(15)20/h1-3,6-7,12H,4-5,8-11H2. The van der Waals surface area contributed by atoms with Gasteiger partial charge in [0.15, 0.2) is 0 Å². The molecule has 0 N–H and O–H groups in total. The highest BCUT2D eigenvalue weighted by Gasteiger charge is 2.28. The van der Waals surface area contributed by atoms with E-state index in [0.29, 0.717) is 0 Å². The van der Waals surface area contributed by atoms with Crippen molar-refractivity contribution in [1.29, 1.82) is 0 Å². The van der Waals surface area contributed by atoms with E-state index in [2.05, 4.69) is 26.9 Å². The molecule has 0 bridgehead atoms. The Morgan fingerprint density at radius 3 is 2.43 bits per heavy atom. The molecule has 0 saturated carbocycles. The van der Waals surface area contributed by atoms with Gasteiger partial charge < -0.3 is 9.64 Å². The van der Waals surface area contributed by atoms with Gasteiger partial charge in [-0.25, -0.2) is 0 Å². The quantitative estimate of drug-likeness (QED) is 0.765. The van der Waals surface area contributed by atoms with Gasteiger partial charge in [0, 0.05) is 28.8 Å². The number of hydrogen-bond donors (Lipinski definition) is 0. The van der Waals surface area contributed by atoms with E-state index in [4.69, 9.17) is 4.74 Å². The zero-order valence-corrected chi connectivity index (χ0v) is 13.5. The van der Waals surface area contributed by atoms with E-state index in [-0.39, 0.29) is 0 Å².